The maximum Gasteiger partial charge on any atom is 0.211 e. The molecule has 0 spiro atoms. The topological polar surface area (TPSA) is 53.1 Å². The van der Waals surface area contributed by atoms with Crippen LogP contribution in [0.25, 0.3) is 0 Å². The second kappa shape index (κ2) is 2.28. The van der Waals surface area contributed by atoms with E-state index in [-0.39, 0.29) is 11.4 Å². The number of carbonyl (C=O) groups is 1. The standard InChI is InChI=1S/C4H3NO2S2/c6-1-2-3(7)5-9-4(2)8/h1,5,7H. The third-order valence-electron chi connectivity index (χ3n) is 0.833. The fourth-order valence-electron chi connectivity index (χ4n) is 0.405. The van der Waals surface area contributed by atoms with Gasteiger partial charge in [-0.25, -0.2) is 0 Å². The number of aromatic amines is 1. The summed E-state index contributed by atoms with van der Waals surface area (Å²) in [5, 5.41) is 8.79. The van der Waals surface area contributed by atoms with Crippen LogP contribution in [0.2, 0.25) is 0 Å². The number of aromatic nitrogens is 1. The zero-order chi connectivity index (χ0) is 6.85. The van der Waals surface area contributed by atoms with Crippen molar-refractivity contribution >= 4 is 30.0 Å². The summed E-state index contributed by atoms with van der Waals surface area (Å²) in [6, 6.07) is 0. The number of aromatic hydroxyl groups is 1. The number of carbonyl (C=O) groups excluding carboxylic acids is 1. The predicted octanol–water partition coefficient (Wildman–Crippen LogP) is 1.32. The molecule has 9 heavy (non-hydrogen) atoms. The molecule has 0 bridgehead atoms. The molecule has 1 aromatic heterocycles. The van der Waals surface area contributed by atoms with E-state index in [0.29, 0.717) is 10.1 Å². The smallest absolute Gasteiger partial charge is 0.211 e. The molecule has 1 rings (SSSR count). The lowest BCUT2D eigenvalue weighted by Crippen LogP contribution is -1.73. The van der Waals surface area contributed by atoms with Gasteiger partial charge in [-0.15, -0.1) is 0 Å². The second-order valence-electron chi connectivity index (χ2n) is 1.37. The van der Waals surface area contributed by atoms with E-state index in [1.807, 2.05) is 0 Å². The van der Waals surface area contributed by atoms with Gasteiger partial charge in [0.1, 0.15) is 9.39 Å². The zero-order valence-corrected chi connectivity index (χ0v) is 5.88. The van der Waals surface area contributed by atoms with Crippen molar-refractivity contribution in [3.63, 3.8) is 0 Å². The van der Waals surface area contributed by atoms with Crippen LogP contribution in [0.3, 0.4) is 0 Å². The summed E-state index contributed by atoms with van der Waals surface area (Å²) in [5.41, 5.74) is 0.176. The van der Waals surface area contributed by atoms with Crippen LogP contribution in [0, 0.1) is 3.82 Å². The number of H-pyrrole nitrogens is 1. The first-order valence-corrected chi connectivity index (χ1v) is 3.34. The van der Waals surface area contributed by atoms with Crippen molar-refractivity contribution in [3.05, 3.63) is 9.39 Å². The summed E-state index contributed by atoms with van der Waals surface area (Å²) in [7, 11) is 0. The Morgan fingerprint density at radius 3 is 2.67 bits per heavy atom. The van der Waals surface area contributed by atoms with Crippen LogP contribution >= 0.6 is 23.8 Å². The van der Waals surface area contributed by atoms with Crippen LogP contribution in [-0.2, 0) is 0 Å². The maximum absolute atomic E-state index is 10.1. The largest absolute Gasteiger partial charge is 0.493 e. The Morgan fingerprint density at radius 2 is 2.44 bits per heavy atom. The molecule has 0 aliphatic rings. The molecule has 48 valence electrons. The Labute approximate surface area is 60.1 Å². The molecule has 1 aromatic rings. The van der Waals surface area contributed by atoms with Crippen LogP contribution in [0.1, 0.15) is 10.4 Å². The van der Waals surface area contributed by atoms with Crippen molar-refractivity contribution < 1.29 is 9.90 Å². The Hall–Kier alpha value is -0.680. The van der Waals surface area contributed by atoms with Gasteiger partial charge < -0.3 is 5.11 Å². The van der Waals surface area contributed by atoms with Crippen molar-refractivity contribution in [1.29, 1.82) is 0 Å². The minimum Gasteiger partial charge on any atom is -0.493 e. The normalized spacial score (nSPS) is 9.33. The van der Waals surface area contributed by atoms with E-state index in [4.69, 9.17) is 5.11 Å². The van der Waals surface area contributed by atoms with E-state index < -0.39 is 0 Å². The molecule has 5 heteroatoms. The maximum atomic E-state index is 10.1. The molecule has 0 radical (unpaired) electrons. The SMILES string of the molecule is O=Cc1c(O)[nH]sc1=S. The Bertz CT molecular complexity index is 274. The minimum absolute atomic E-state index is 0.139. The van der Waals surface area contributed by atoms with Gasteiger partial charge in [-0.05, 0) is 11.5 Å². The van der Waals surface area contributed by atoms with Crippen LogP contribution < -0.4 is 0 Å². The number of aldehydes is 1. The Morgan fingerprint density at radius 1 is 1.78 bits per heavy atom. The number of hydrogen-bond acceptors (Lipinski definition) is 4. The van der Waals surface area contributed by atoms with E-state index in [9.17, 15) is 4.79 Å². The van der Waals surface area contributed by atoms with E-state index in [1.165, 1.54) is 0 Å². The summed E-state index contributed by atoms with van der Waals surface area (Å²) in [4.78, 5) is 10.1. The van der Waals surface area contributed by atoms with Gasteiger partial charge in [0.25, 0.3) is 0 Å². The summed E-state index contributed by atoms with van der Waals surface area (Å²) < 4.78 is 2.84. The van der Waals surface area contributed by atoms with Crippen LogP contribution in [0.5, 0.6) is 5.88 Å². The lowest BCUT2D eigenvalue weighted by atomic mass is 10.4. The van der Waals surface area contributed by atoms with E-state index >= 15 is 0 Å². The van der Waals surface area contributed by atoms with Crippen LogP contribution in [0.4, 0.5) is 0 Å². The van der Waals surface area contributed by atoms with Crippen molar-refractivity contribution in [2.45, 2.75) is 0 Å². The Kier molecular flexibility index (Phi) is 1.63. The fraction of sp³-hybridized carbons (Fsp3) is 0. The van der Waals surface area contributed by atoms with Gasteiger partial charge in [0.05, 0.1) is 0 Å². The molecule has 0 aromatic carbocycles. The third-order valence-corrected chi connectivity index (χ3v) is 2.00. The molecule has 0 amide bonds. The van der Waals surface area contributed by atoms with Crippen molar-refractivity contribution in [3.8, 4) is 5.88 Å². The van der Waals surface area contributed by atoms with Gasteiger partial charge in [0, 0.05) is 0 Å². The highest BCUT2D eigenvalue weighted by atomic mass is 32.2. The highest BCUT2D eigenvalue weighted by Crippen LogP contribution is 2.16. The summed E-state index contributed by atoms with van der Waals surface area (Å²) >= 11 is 5.73. The monoisotopic (exact) mass is 161 g/mol. The minimum atomic E-state index is -0.139. The summed E-state index contributed by atoms with van der Waals surface area (Å²) in [6.07, 6.45) is 0.532. The molecule has 3 nitrogen and oxygen atoms in total. The molecule has 0 unspecified atom stereocenters. The second-order valence-corrected chi connectivity index (χ2v) is 2.85. The first-order valence-electron chi connectivity index (χ1n) is 2.11. The van der Waals surface area contributed by atoms with E-state index in [1.54, 1.807) is 0 Å². The Balaban J connectivity index is 3.40. The van der Waals surface area contributed by atoms with E-state index in [0.717, 1.165) is 11.5 Å². The van der Waals surface area contributed by atoms with E-state index in [2.05, 4.69) is 16.6 Å². The number of hydrogen-bond donors (Lipinski definition) is 2. The highest BCUT2D eigenvalue weighted by Gasteiger charge is 2.02. The van der Waals surface area contributed by atoms with Gasteiger partial charge in [-0.3, -0.25) is 9.17 Å². The molecule has 0 fully saturated rings. The summed E-state index contributed by atoms with van der Waals surface area (Å²) in [5.74, 6) is -0.139. The molecule has 0 saturated heterocycles. The molecular formula is C4H3NO2S2. The molecule has 1 heterocycles. The van der Waals surface area contributed by atoms with Crippen molar-refractivity contribution in [2.24, 2.45) is 0 Å². The van der Waals surface area contributed by atoms with Crippen LogP contribution in [-0.4, -0.2) is 15.8 Å². The first kappa shape index (κ1) is 6.44. The molecule has 0 saturated carbocycles. The van der Waals surface area contributed by atoms with Gasteiger partial charge in [-0.1, -0.05) is 12.2 Å². The lowest BCUT2D eigenvalue weighted by Gasteiger charge is -1.79. The third kappa shape index (κ3) is 1.01. The molecule has 0 aliphatic carbocycles. The van der Waals surface area contributed by atoms with Crippen molar-refractivity contribution in [2.75, 3.05) is 0 Å². The molecule has 0 atom stereocenters. The fourth-order valence-corrected chi connectivity index (χ4v) is 1.23. The molecule has 2 N–H and O–H groups in total. The van der Waals surface area contributed by atoms with Gasteiger partial charge in [0.2, 0.25) is 5.88 Å². The predicted molar refractivity (Wildman–Crippen MR) is 36.6 cm³/mol. The summed E-state index contributed by atoms with van der Waals surface area (Å²) in [6.45, 7) is 0. The van der Waals surface area contributed by atoms with Crippen LogP contribution in [0.15, 0.2) is 0 Å². The lowest BCUT2D eigenvalue weighted by molar-refractivity contribution is 0.112. The molecule has 0 aliphatic heterocycles. The zero-order valence-electron chi connectivity index (χ0n) is 4.25. The quantitative estimate of drug-likeness (QED) is 0.482. The molecular weight excluding hydrogens is 158 g/mol. The number of nitrogens with one attached hydrogen (secondary N) is 1. The van der Waals surface area contributed by atoms with Crippen molar-refractivity contribution in [1.82, 2.24) is 4.37 Å². The van der Waals surface area contributed by atoms with Gasteiger partial charge in [-0.2, -0.15) is 0 Å². The van der Waals surface area contributed by atoms with Gasteiger partial charge in [0.15, 0.2) is 6.29 Å². The average molecular weight is 161 g/mol. The highest BCUT2D eigenvalue weighted by molar-refractivity contribution is 7.73. The first-order chi connectivity index (χ1) is 4.25. The number of rotatable bonds is 1. The average Bonchev–Trinajstić information content (AvgIpc) is 2.12. The van der Waals surface area contributed by atoms with Gasteiger partial charge >= 0.3 is 0 Å².